The van der Waals surface area contributed by atoms with Gasteiger partial charge in [0.25, 0.3) is 0 Å². The molecule has 1 fully saturated rings. The molecule has 2 aliphatic rings. The maximum atomic E-state index is 11.3. The lowest BCUT2D eigenvalue weighted by Crippen LogP contribution is -2.46. The third-order valence-corrected chi connectivity index (χ3v) is 6.21. The molecule has 0 aromatic carbocycles. The standard InChI is InChI=1S/C9H14N2O4S3/c12-17(13)3-1-7(5-17)10-9(16)11-8-2-4-18(14,15)6-8/h1,3,7-8H,2,4-6H2,(H2,10,11,16)/t7-,8-/m1/s1. The van der Waals surface area contributed by atoms with Crippen LogP contribution in [-0.4, -0.2) is 51.3 Å². The summed E-state index contributed by atoms with van der Waals surface area (Å²) in [6, 6.07) is -0.523. The van der Waals surface area contributed by atoms with E-state index in [9.17, 15) is 16.8 Å². The molecule has 0 aliphatic carbocycles. The van der Waals surface area contributed by atoms with Crippen LogP contribution in [0.3, 0.4) is 0 Å². The Morgan fingerprint density at radius 1 is 1.17 bits per heavy atom. The van der Waals surface area contributed by atoms with E-state index < -0.39 is 19.7 Å². The molecule has 0 saturated carbocycles. The highest BCUT2D eigenvalue weighted by Gasteiger charge is 2.29. The zero-order valence-corrected chi connectivity index (χ0v) is 11.9. The van der Waals surface area contributed by atoms with Crippen molar-refractivity contribution in [1.82, 2.24) is 10.6 Å². The van der Waals surface area contributed by atoms with Gasteiger partial charge in [-0.25, -0.2) is 16.8 Å². The lowest BCUT2D eigenvalue weighted by molar-refractivity contribution is 0.600. The lowest BCUT2D eigenvalue weighted by Gasteiger charge is -2.17. The van der Waals surface area contributed by atoms with Crippen LogP contribution in [0.15, 0.2) is 11.5 Å². The van der Waals surface area contributed by atoms with E-state index in [0.717, 1.165) is 5.41 Å². The van der Waals surface area contributed by atoms with Gasteiger partial charge in [0.05, 0.1) is 23.3 Å². The maximum Gasteiger partial charge on any atom is 0.173 e. The Morgan fingerprint density at radius 2 is 1.89 bits per heavy atom. The molecule has 0 spiro atoms. The van der Waals surface area contributed by atoms with Crippen LogP contribution in [0.1, 0.15) is 6.42 Å². The van der Waals surface area contributed by atoms with Crippen molar-refractivity contribution in [3.63, 3.8) is 0 Å². The molecule has 0 radical (unpaired) electrons. The zero-order chi connectivity index (χ0) is 13.4. The van der Waals surface area contributed by atoms with Crippen LogP contribution in [0.2, 0.25) is 0 Å². The predicted molar refractivity (Wildman–Crippen MR) is 72.6 cm³/mol. The smallest absolute Gasteiger partial charge is 0.173 e. The Balaban J connectivity index is 1.82. The minimum atomic E-state index is -3.11. The molecule has 18 heavy (non-hydrogen) atoms. The number of hydrogen-bond acceptors (Lipinski definition) is 5. The quantitative estimate of drug-likeness (QED) is 0.629. The van der Waals surface area contributed by atoms with Gasteiger partial charge in [-0.05, 0) is 24.7 Å². The Kier molecular flexibility index (Phi) is 3.65. The summed E-state index contributed by atoms with van der Waals surface area (Å²) in [5.41, 5.74) is 0. The highest BCUT2D eigenvalue weighted by molar-refractivity contribution is 7.94. The van der Waals surface area contributed by atoms with E-state index >= 15 is 0 Å². The van der Waals surface area contributed by atoms with Gasteiger partial charge < -0.3 is 10.6 Å². The fraction of sp³-hybridized carbons (Fsp3) is 0.667. The highest BCUT2D eigenvalue weighted by Crippen LogP contribution is 2.11. The molecular weight excluding hydrogens is 296 g/mol. The third-order valence-electron chi connectivity index (χ3n) is 2.81. The van der Waals surface area contributed by atoms with Crippen LogP contribution < -0.4 is 10.6 Å². The van der Waals surface area contributed by atoms with Crippen molar-refractivity contribution in [3.8, 4) is 0 Å². The molecule has 0 bridgehead atoms. The van der Waals surface area contributed by atoms with Gasteiger partial charge in [-0.15, -0.1) is 0 Å². The zero-order valence-electron chi connectivity index (χ0n) is 9.50. The third kappa shape index (κ3) is 3.66. The van der Waals surface area contributed by atoms with Crippen LogP contribution in [-0.2, 0) is 19.7 Å². The predicted octanol–water partition coefficient (Wildman–Crippen LogP) is -1.05. The van der Waals surface area contributed by atoms with Gasteiger partial charge >= 0.3 is 0 Å². The van der Waals surface area contributed by atoms with Crippen LogP contribution in [0, 0.1) is 0 Å². The number of sulfone groups is 2. The molecule has 2 N–H and O–H groups in total. The molecule has 6 nitrogen and oxygen atoms in total. The average Bonchev–Trinajstić information content (AvgIpc) is 2.69. The number of rotatable bonds is 2. The molecular formula is C9H14N2O4S3. The van der Waals surface area contributed by atoms with Crippen molar-refractivity contribution in [2.45, 2.75) is 18.5 Å². The molecule has 2 rings (SSSR count). The van der Waals surface area contributed by atoms with Crippen molar-refractivity contribution in [1.29, 1.82) is 0 Å². The lowest BCUT2D eigenvalue weighted by atomic mass is 10.3. The summed E-state index contributed by atoms with van der Waals surface area (Å²) in [6.45, 7) is 0. The largest absolute Gasteiger partial charge is 0.359 e. The van der Waals surface area contributed by atoms with E-state index in [1.54, 1.807) is 0 Å². The second-order valence-corrected chi connectivity index (χ2v) is 9.05. The molecule has 2 atom stereocenters. The van der Waals surface area contributed by atoms with Crippen LogP contribution in [0.4, 0.5) is 0 Å². The van der Waals surface area contributed by atoms with Gasteiger partial charge in [-0.3, -0.25) is 0 Å². The summed E-state index contributed by atoms with van der Waals surface area (Å²) in [6.07, 6.45) is 2.07. The first kappa shape index (κ1) is 13.8. The Morgan fingerprint density at radius 3 is 2.39 bits per heavy atom. The maximum absolute atomic E-state index is 11.3. The van der Waals surface area contributed by atoms with Gasteiger partial charge in [0, 0.05) is 11.4 Å². The summed E-state index contributed by atoms with van der Waals surface area (Å²) < 4.78 is 44.9. The van der Waals surface area contributed by atoms with E-state index in [1.807, 2.05) is 0 Å². The Hall–Kier alpha value is -0.670. The van der Waals surface area contributed by atoms with Crippen molar-refractivity contribution in [2.24, 2.45) is 0 Å². The minimum absolute atomic E-state index is 0.0161. The molecule has 0 amide bonds. The monoisotopic (exact) mass is 310 g/mol. The molecule has 9 heteroatoms. The molecule has 102 valence electrons. The molecule has 1 saturated heterocycles. The number of thiocarbonyl (C=S) groups is 1. The van der Waals surface area contributed by atoms with E-state index in [0.29, 0.717) is 11.5 Å². The molecule has 2 aliphatic heterocycles. The summed E-state index contributed by atoms with van der Waals surface area (Å²) >= 11 is 5.03. The van der Waals surface area contributed by atoms with Gasteiger partial charge in [-0.2, -0.15) is 0 Å². The Bertz CT molecular complexity index is 579. The molecule has 0 aromatic rings. The topological polar surface area (TPSA) is 92.3 Å². The van der Waals surface area contributed by atoms with Gasteiger partial charge in [0.2, 0.25) is 0 Å². The summed E-state index contributed by atoms with van der Waals surface area (Å²) in [4.78, 5) is 0. The van der Waals surface area contributed by atoms with E-state index in [2.05, 4.69) is 10.6 Å². The van der Waals surface area contributed by atoms with E-state index in [1.165, 1.54) is 6.08 Å². The normalized spacial score (nSPS) is 32.2. The Labute approximate surface area is 112 Å². The van der Waals surface area contributed by atoms with Crippen molar-refractivity contribution in [3.05, 3.63) is 11.5 Å². The van der Waals surface area contributed by atoms with Gasteiger partial charge in [-0.1, -0.05) is 0 Å². The highest BCUT2D eigenvalue weighted by atomic mass is 32.2. The second kappa shape index (κ2) is 4.78. The number of nitrogens with one attached hydrogen (secondary N) is 2. The van der Waals surface area contributed by atoms with E-state index in [4.69, 9.17) is 12.2 Å². The first-order chi connectivity index (χ1) is 8.26. The number of hydrogen-bond donors (Lipinski definition) is 2. The first-order valence-electron chi connectivity index (χ1n) is 5.44. The van der Waals surface area contributed by atoms with Gasteiger partial charge in [0.15, 0.2) is 24.8 Å². The van der Waals surface area contributed by atoms with Crippen LogP contribution >= 0.6 is 12.2 Å². The van der Waals surface area contributed by atoms with E-state index in [-0.39, 0.29) is 29.3 Å². The summed E-state index contributed by atoms with van der Waals surface area (Å²) in [7, 11) is -6.06. The SMILES string of the molecule is O=S1(=O)C=C[C@@H](NC(=S)N[C@@H]2CCS(=O)(=O)C2)C1. The first-order valence-corrected chi connectivity index (χ1v) is 9.39. The molecule has 2 heterocycles. The second-order valence-electron chi connectivity index (χ2n) is 4.48. The summed E-state index contributed by atoms with van der Waals surface area (Å²) in [5.74, 6) is 0.233. The van der Waals surface area contributed by atoms with Crippen LogP contribution in [0.25, 0.3) is 0 Å². The van der Waals surface area contributed by atoms with Crippen molar-refractivity contribution < 1.29 is 16.8 Å². The van der Waals surface area contributed by atoms with Gasteiger partial charge in [0.1, 0.15) is 0 Å². The molecule has 0 unspecified atom stereocenters. The average molecular weight is 310 g/mol. The minimum Gasteiger partial charge on any atom is -0.359 e. The summed E-state index contributed by atoms with van der Waals surface area (Å²) in [5, 5.41) is 7.20. The fourth-order valence-electron chi connectivity index (χ4n) is 1.97. The van der Waals surface area contributed by atoms with Crippen molar-refractivity contribution in [2.75, 3.05) is 17.3 Å². The van der Waals surface area contributed by atoms with Crippen molar-refractivity contribution >= 4 is 37.0 Å². The fourth-order valence-corrected chi connectivity index (χ4v) is 5.20. The van der Waals surface area contributed by atoms with Crippen LogP contribution in [0.5, 0.6) is 0 Å². The molecule has 0 aromatic heterocycles.